The Bertz CT molecular complexity index is 609. The molecule has 1 N–H and O–H groups in total. The summed E-state index contributed by atoms with van der Waals surface area (Å²) in [6.07, 6.45) is 2.01. The predicted octanol–water partition coefficient (Wildman–Crippen LogP) is 2.53. The summed E-state index contributed by atoms with van der Waals surface area (Å²) in [6, 6.07) is 5.43. The summed E-state index contributed by atoms with van der Waals surface area (Å²) >= 11 is 0. The number of piperidine rings is 1. The largest absolute Gasteiger partial charge is 0.316 e. The van der Waals surface area contributed by atoms with Gasteiger partial charge in [-0.25, -0.2) is 8.42 Å². The molecule has 0 spiro atoms. The summed E-state index contributed by atoms with van der Waals surface area (Å²) in [6.45, 7) is 8.19. The minimum absolute atomic E-state index is 0.0593. The van der Waals surface area contributed by atoms with E-state index in [0.29, 0.717) is 24.5 Å². The van der Waals surface area contributed by atoms with Gasteiger partial charge in [0.25, 0.3) is 0 Å². The summed E-state index contributed by atoms with van der Waals surface area (Å²) in [7, 11) is -1.52. The van der Waals surface area contributed by atoms with Crippen LogP contribution in [0.4, 0.5) is 0 Å². The van der Waals surface area contributed by atoms with E-state index in [9.17, 15) is 8.42 Å². The van der Waals surface area contributed by atoms with Crippen molar-refractivity contribution in [2.24, 2.45) is 5.41 Å². The lowest BCUT2D eigenvalue weighted by atomic mass is 9.85. The molecule has 1 aromatic carbocycles. The fraction of sp³-hybridized carbons (Fsp3) is 0.625. The fourth-order valence-electron chi connectivity index (χ4n) is 2.91. The maximum absolute atomic E-state index is 12.8. The van der Waals surface area contributed by atoms with E-state index < -0.39 is 10.0 Å². The molecule has 0 saturated carbocycles. The molecule has 118 valence electrons. The van der Waals surface area contributed by atoms with E-state index in [0.717, 1.165) is 24.0 Å². The molecule has 0 atom stereocenters. The van der Waals surface area contributed by atoms with Gasteiger partial charge in [-0.2, -0.15) is 4.31 Å². The van der Waals surface area contributed by atoms with E-state index in [-0.39, 0.29) is 5.41 Å². The molecule has 1 fully saturated rings. The van der Waals surface area contributed by atoms with Crippen LogP contribution in [-0.2, 0) is 16.6 Å². The monoisotopic (exact) mass is 310 g/mol. The number of rotatable bonds is 4. The van der Waals surface area contributed by atoms with E-state index in [1.54, 1.807) is 10.4 Å². The minimum Gasteiger partial charge on any atom is -0.316 e. The maximum atomic E-state index is 12.8. The Hall–Kier alpha value is -0.910. The van der Waals surface area contributed by atoms with Crippen molar-refractivity contribution >= 4 is 10.0 Å². The summed E-state index contributed by atoms with van der Waals surface area (Å²) in [4.78, 5) is 0.413. The lowest BCUT2D eigenvalue weighted by Gasteiger charge is -2.37. The van der Waals surface area contributed by atoms with Gasteiger partial charge in [-0.3, -0.25) is 0 Å². The Morgan fingerprint density at radius 1 is 1.33 bits per heavy atom. The topological polar surface area (TPSA) is 49.4 Å². The number of nitrogens with zero attached hydrogens (tertiary/aromatic N) is 1. The van der Waals surface area contributed by atoms with Gasteiger partial charge < -0.3 is 5.32 Å². The molecule has 0 aromatic heterocycles. The van der Waals surface area contributed by atoms with Crippen molar-refractivity contribution in [1.29, 1.82) is 0 Å². The first-order valence-corrected chi connectivity index (χ1v) is 8.94. The van der Waals surface area contributed by atoms with Gasteiger partial charge in [-0.1, -0.05) is 19.9 Å². The van der Waals surface area contributed by atoms with Crippen molar-refractivity contribution in [1.82, 2.24) is 9.62 Å². The third-order valence-electron chi connectivity index (χ3n) is 4.19. The van der Waals surface area contributed by atoms with Crippen LogP contribution in [0.3, 0.4) is 0 Å². The molecule has 0 aliphatic carbocycles. The second-order valence-corrected chi connectivity index (χ2v) is 8.66. The van der Waals surface area contributed by atoms with E-state index in [2.05, 4.69) is 19.2 Å². The number of hydrogen-bond acceptors (Lipinski definition) is 3. The van der Waals surface area contributed by atoms with Gasteiger partial charge >= 0.3 is 0 Å². The molecule has 5 heteroatoms. The summed E-state index contributed by atoms with van der Waals surface area (Å²) in [5, 5.41) is 3.09. The Kier molecular flexibility index (Phi) is 4.76. The highest BCUT2D eigenvalue weighted by molar-refractivity contribution is 7.89. The number of nitrogens with one attached hydrogen (secondary N) is 1. The number of aryl methyl sites for hydroxylation is 1. The van der Waals surface area contributed by atoms with Crippen molar-refractivity contribution in [3.63, 3.8) is 0 Å². The molecule has 2 rings (SSSR count). The number of sulfonamides is 1. The van der Waals surface area contributed by atoms with Gasteiger partial charge in [0.2, 0.25) is 10.0 Å². The molecule has 1 saturated heterocycles. The first-order valence-electron chi connectivity index (χ1n) is 7.50. The van der Waals surface area contributed by atoms with Crippen LogP contribution in [0.5, 0.6) is 0 Å². The van der Waals surface area contributed by atoms with Gasteiger partial charge in [-0.05, 0) is 55.5 Å². The Balaban J connectivity index is 2.33. The lowest BCUT2D eigenvalue weighted by molar-refractivity contribution is 0.187. The van der Waals surface area contributed by atoms with Crippen molar-refractivity contribution < 1.29 is 8.42 Å². The van der Waals surface area contributed by atoms with Gasteiger partial charge in [0.15, 0.2) is 0 Å². The van der Waals surface area contributed by atoms with E-state index in [1.165, 1.54) is 0 Å². The standard InChI is InChI=1S/C16H26N2O2S/c1-13-6-7-15(10-14(13)11-17-4)21(19,20)18-9-5-8-16(2,3)12-18/h6-7,10,17H,5,8-9,11-12H2,1-4H3. The Morgan fingerprint density at radius 2 is 2.05 bits per heavy atom. The summed E-state index contributed by atoms with van der Waals surface area (Å²) in [5.74, 6) is 0. The van der Waals surface area contributed by atoms with Gasteiger partial charge in [0.05, 0.1) is 4.90 Å². The predicted molar refractivity (Wildman–Crippen MR) is 85.7 cm³/mol. The van der Waals surface area contributed by atoms with E-state index in [4.69, 9.17) is 0 Å². The zero-order valence-corrected chi connectivity index (χ0v) is 14.3. The molecule has 1 aromatic rings. The molecular weight excluding hydrogens is 284 g/mol. The van der Waals surface area contributed by atoms with Crippen LogP contribution in [0.2, 0.25) is 0 Å². The van der Waals surface area contributed by atoms with Gasteiger partial charge in [0.1, 0.15) is 0 Å². The molecular formula is C16H26N2O2S. The van der Waals surface area contributed by atoms with E-state index >= 15 is 0 Å². The number of benzene rings is 1. The van der Waals surface area contributed by atoms with Crippen LogP contribution in [0.1, 0.15) is 37.8 Å². The first kappa shape index (κ1) is 16.5. The normalized spacial score (nSPS) is 19.6. The maximum Gasteiger partial charge on any atom is 0.243 e. The zero-order chi connectivity index (χ0) is 15.7. The molecule has 1 aliphatic heterocycles. The SMILES string of the molecule is CNCc1cc(S(=O)(=O)N2CCCC(C)(C)C2)ccc1C. The Labute approximate surface area is 128 Å². The average molecular weight is 310 g/mol. The van der Waals surface area contributed by atoms with Crippen LogP contribution < -0.4 is 5.32 Å². The molecule has 0 radical (unpaired) electrons. The van der Waals surface area contributed by atoms with Crippen LogP contribution in [-0.4, -0.2) is 32.9 Å². The molecule has 0 bridgehead atoms. The highest BCUT2D eigenvalue weighted by atomic mass is 32.2. The first-order chi connectivity index (χ1) is 9.76. The Morgan fingerprint density at radius 3 is 2.67 bits per heavy atom. The van der Waals surface area contributed by atoms with Crippen molar-refractivity contribution in [2.45, 2.75) is 45.1 Å². The van der Waals surface area contributed by atoms with Gasteiger partial charge in [0, 0.05) is 19.6 Å². The third-order valence-corrected chi connectivity index (χ3v) is 6.03. The smallest absolute Gasteiger partial charge is 0.243 e. The minimum atomic E-state index is -3.39. The molecule has 4 nitrogen and oxygen atoms in total. The van der Waals surface area contributed by atoms with Crippen LogP contribution >= 0.6 is 0 Å². The van der Waals surface area contributed by atoms with Gasteiger partial charge in [-0.15, -0.1) is 0 Å². The second-order valence-electron chi connectivity index (χ2n) is 6.72. The molecule has 0 unspecified atom stereocenters. The van der Waals surface area contributed by atoms with E-state index in [1.807, 2.05) is 26.1 Å². The zero-order valence-electron chi connectivity index (χ0n) is 13.4. The highest BCUT2D eigenvalue weighted by Crippen LogP contribution is 2.32. The molecule has 0 amide bonds. The van der Waals surface area contributed by atoms with Crippen LogP contribution in [0, 0.1) is 12.3 Å². The molecule has 1 heterocycles. The average Bonchev–Trinajstić information content (AvgIpc) is 2.40. The van der Waals surface area contributed by atoms with Crippen molar-refractivity contribution in [3.05, 3.63) is 29.3 Å². The number of hydrogen-bond donors (Lipinski definition) is 1. The lowest BCUT2D eigenvalue weighted by Crippen LogP contribution is -2.43. The summed E-state index contributed by atoms with van der Waals surface area (Å²) < 4.78 is 27.3. The van der Waals surface area contributed by atoms with Crippen LogP contribution in [0.15, 0.2) is 23.1 Å². The second kappa shape index (κ2) is 6.07. The third kappa shape index (κ3) is 3.65. The summed E-state index contributed by atoms with van der Waals surface area (Å²) in [5.41, 5.74) is 2.21. The quantitative estimate of drug-likeness (QED) is 0.929. The molecule has 1 aliphatic rings. The van der Waals surface area contributed by atoms with Crippen molar-refractivity contribution in [3.8, 4) is 0 Å². The highest BCUT2D eigenvalue weighted by Gasteiger charge is 2.34. The fourth-order valence-corrected chi connectivity index (χ4v) is 4.63. The molecule has 21 heavy (non-hydrogen) atoms. The van der Waals surface area contributed by atoms with Crippen LogP contribution in [0.25, 0.3) is 0 Å². The van der Waals surface area contributed by atoms with Crippen molar-refractivity contribution in [2.75, 3.05) is 20.1 Å².